The van der Waals surface area contributed by atoms with Crippen molar-refractivity contribution < 1.29 is 0 Å². The summed E-state index contributed by atoms with van der Waals surface area (Å²) >= 11 is 1.57. The molecule has 1 unspecified atom stereocenters. The average Bonchev–Trinajstić information content (AvgIpc) is 3.11. The van der Waals surface area contributed by atoms with Crippen LogP contribution < -0.4 is 10.9 Å². The van der Waals surface area contributed by atoms with E-state index < -0.39 is 0 Å². The SMILES string of the molecule is CNCc1ccc(-n2c(SC(C)c3ccccc3)nc3c(cnn3C)c2=O)cc1. The second-order valence-electron chi connectivity index (χ2n) is 6.91. The number of hydrogen-bond donors (Lipinski definition) is 1. The molecular weight excluding hydrogens is 382 g/mol. The zero-order valence-corrected chi connectivity index (χ0v) is 17.5. The van der Waals surface area contributed by atoms with E-state index in [4.69, 9.17) is 4.98 Å². The molecule has 1 atom stereocenters. The molecule has 7 heteroatoms. The standard InChI is InChI=1S/C22H23N5OS/c1-15(17-7-5-4-6-8-17)29-22-25-20-19(14-24-26(20)3)21(28)27(22)18-11-9-16(10-12-18)13-23-2/h4-12,14-15,23H,13H2,1-3H3. The first-order valence-electron chi connectivity index (χ1n) is 9.48. The Labute approximate surface area is 173 Å². The van der Waals surface area contributed by atoms with Crippen LogP contribution in [0.5, 0.6) is 0 Å². The number of aryl methyl sites for hydroxylation is 1. The van der Waals surface area contributed by atoms with Crippen LogP contribution in [0.4, 0.5) is 0 Å². The molecule has 4 rings (SSSR count). The number of thioether (sulfide) groups is 1. The summed E-state index contributed by atoms with van der Waals surface area (Å²) in [4.78, 5) is 18.1. The highest BCUT2D eigenvalue weighted by Crippen LogP contribution is 2.34. The van der Waals surface area contributed by atoms with Crippen molar-refractivity contribution >= 4 is 22.8 Å². The van der Waals surface area contributed by atoms with Gasteiger partial charge in [0.15, 0.2) is 10.8 Å². The van der Waals surface area contributed by atoms with Crippen molar-refractivity contribution in [2.75, 3.05) is 7.05 Å². The lowest BCUT2D eigenvalue weighted by Gasteiger charge is -2.16. The maximum absolute atomic E-state index is 13.3. The topological polar surface area (TPSA) is 64.7 Å². The monoisotopic (exact) mass is 405 g/mol. The lowest BCUT2D eigenvalue weighted by atomic mass is 10.2. The lowest BCUT2D eigenvalue weighted by molar-refractivity contribution is 0.756. The minimum Gasteiger partial charge on any atom is -0.316 e. The Morgan fingerprint density at radius 1 is 1.10 bits per heavy atom. The fourth-order valence-electron chi connectivity index (χ4n) is 3.29. The van der Waals surface area contributed by atoms with Gasteiger partial charge in [-0.3, -0.25) is 14.0 Å². The van der Waals surface area contributed by atoms with Crippen LogP contribution in [0.3, 0.4) is 0 Å². The van der Waals surface area contributed by atoms with Crippen LogP contribution >= 0.6 is 11.8 Å². The quantitative estimate of drug-likeness (QED) is 0.391. The van der Waals surface area contributed by atoms with E-state index in [0.29, 0.717) is 16.2 Å². The Morgan fingerprint density at radius 3 is 2.52 bits per heavy atom. The van der Waals surface area contributed by atoms with E-state index in [1.54, 1.807) is 34.3 Å². The predicted molar refractivity (Wildman–Crippen MR) is 118 cm³/mol. The minimum absolute atomic E-state index is 0.104. The smallest absolute Gasteiger partial charge is 0.269 e. The van der Waals surface area contributed by atoms with Crippen LogP contribution in [0.1, 0.15) is 23.3 Å². The number of hydrogen-bond acceptors (Lipinski definition) is 5. The molecule has 148 valence electrons. The molecule has 2 aromatic heterocycles. The Balaban J connectivity index is 1.84. The van der Waals surface area contributed by atoms with Crippen LogP contribution in [0.2, 0.25) is 0 Å². The van der Waals surface area contributed by atoms with Gasteiger partial charge in [-0.15, -0.1) is 0 Å². The molecule has 6 nitrogen and oxygen atoms in total. The van der Waals surface area contributed by atoms with Gasteiger partial charge in [0.2, 0.25) is 0 Å². The van der Waals surface area contributed by atoms with E-state index in [2.05, 4.69) is 29.5 Å². The van der Waals surface area contributed by atoms with E-state index in [9.17, 15) is 4.79 Å². The molecule has 4 aromatic rings. The van der Waals surface area contributed by atoms with Gasteiger partial charge in [-0.25, -0.2) is 4.98 Å². The predicted octanol–water partition coefficient (Wildman–Crippen LogP) is 3.69. The Kier molecular flexibility index (Phi) is 5.51. The summed E-state index contributed by atoms with van der Waals surface area (Å²) in [5, 5.41) is 8.69. The summed E-state index contributed by atoms with van der Waals surface area (Å²) < 4.78 is 3.34. The fraction of sp³-hybridized carbons (Fsp3) is 0.227. The summed E-state index contributed by atoms with van der Waals surface area (Å²) in [5.41, 5.74) is 3.64. The van der Waals surface area contributed by atoms with Gasteiger partial charge < -0.3 is 5.32 Å². The molecular formula is C22H23N5OS. The van der Waals surface area contributed by atoms with Crippen LogP contribution in [0, 0.1) is 0 Å². The molecule has 0 aliphatic heterocycles. The maximum atomic E-state index is 13.3. The van der Waals surface area contributed by atoms with E-state index in [-0.39, 0.29) is 10.8 Å². The zero-order valence-electron chi connectivity index (χ0n) is 16.7. The number of benzene rings is 2. The molecule has 0 radical (unpaired) electrons. The second kappa shape index (κ2) is 8.23. The Bertz CT molecular complexity index is 1180. The summed E-state index contributed by atoms with van der Waals surface area (Å²) in [7, 11) is 3.72. The van der Waals surface area contributed by atoms with Crippen molar-refractivity contribution in [1.29, 1.82) is 0 Å². The number of rotatable bonds is 6. The van der Waals surface area contributed by atoms with Gasteiger partial charge in [-0.1, -0.05) is 54.2 Å². The lowest BCUT2D eigenvalue weighted by Crippen LogP contribution is -2.22. The number of aromatic nitrogens is 4. The van der Waals surface area contributed by atoms with E-state index in [1.807, 2.05) is 49.5 Å². The first-order valence-corrected chi connectivity index (χ1v) is 10.4. The molecule has 2 aromatic carbocycles. The van der Waals surface area contributed by atoms with Gasteiger partial charge in [-0.2, -0.15) is 5.10 Å². The summed E-state index contributed by atoms with van der Waals surface area (Å²) in [6, 6.07) is 18.2. The highest BCUT2D eigenvalue weighted by molar-refractivity contribution is 7.99. The molecule has 0 spiro atoms. The first-order chi connectivity index (χ1) is 14.1. The molecule has 0 bridgehead atoms. The normalized spacial score (nSPS) is 12.4. The highest BCUT2D eigenvalue weighted by atomic mass is 32.2. The third kappa shape index (κ3) is 3.83. The third-order valence-corrected chi connectivity index (χ3v) is 5.97. The maximum Gasteiger partial charge on any atom is 0.269 e. The molecule has 2 heterocycles. The summed E-state index contributed by atoms with van der Waals surface area (Å²) in [5.74, 6) is 0. The fourth-order valence-corrected chi connectivity index (χ4v) is 4.33. The van der Waals surface area contributed by atoms with Gasteiger partial charge >= 0.3 is 0 Å². The van der Waals surface area contributed by atoms with Crippen molar-refractivity contribution in [3.05, 3.63) is 82.3 Å². The van der Waals surface area contributed by atoms with Crippen molar-refractivity contribution in [2.24, 2.45) is 7.05 Å². The molecule has 0 fully saturated rings. The van der Waals surface area contributed by atoms with Crippen molar-refractivity contribution in [3.63, 3.8) is 0 Å². The van der Waals surface area contributed by atoms with Crippen LogP contribution in [0.25, 0.3) is 16.7 Å². The van der Waals surface area contributed by atoms with Gasteiger partial charge in [-0.05, 0) is 37.2 Å². The van der Waals surface area contributed by atoms with E-state index in [0.717, 1.165) is 17.8 Å². The van der Waals surface area contributed by atoms with Gasteiger partial charge in [0, 0.05) is 18.8 Å². The van der Waals surface area contributed by atoms with Crippen LogP contribution in [0.15, 0.2) is 70.7 Å². The van der Waals surface area contributed by atoms with Crippen LogP contribution in [-0.2, 0) is 13.6 Å². The van der Waals surface area contributed by atoms with Gasteiger partial charge in [0.05, 0.1) is 11.9 Å². The Hall–Kier alpha value is -2.90. The van der Waals surface area contributed by atoms with Gasteiger partial charge in [0.1, 0.15) is 5.39 Å². The molecule has 0 saturated carbocycles. The second-order valence-corrected chi connectivity index (χ2v) is 8.22. The number of fused-ring (bicyclic) bond motifs is 1. The van der Waals surface area contributed by atoms with Crippen LogP contribution in [-0.4, -0.2) is 26.4 Å². The highest BCUT2D eigenvalue weighted by Gasteiger charge is 2.18. The molecule has 29 heavy (non-hydrogen) atoms. The molecule has 0 saturated heterocycles. The van der Waals surface area contributed by atoms with E-state index in [1.165, 1.54) is 5.56 Å². The van der Waals surface area contributed by atoms with Crippen molar-refractivity contribution in [1.82, 2.24) is 24.6 Å². The molecule has 0 aliphatic carbocycles. The van der Waals surface area contributed by atoms with Gasteiger partial charge in [0.25, 0.3) is 5.56 Å². The Morgan fingerprint density at radius 2 is 1.83 bits per heavy atom. The largest absolute Gasteiger partial charge is 0.316 e. The summed E-state index contributed by atoms with van der Waals surface area (Å²) in [6.07, 6.45) is 1.59. The van der Waals surface area contributed by atoms with Crippen molar-refractivity contribution in [3.8, 4) is 5.69 Å². The number of nitrogens with one attached hydrogen (secondary N) is 1. The average molecular weight is 406 g/mol. The van der Waals surface area contributed by atoms with E-state index >= 15 is 0 Å². The minimum atomic E-state index is -0.104. The zero-order chi connectivity index (χ0) is 20.4. The molecule has 1 N–H and O–H groups in total. The first kappa shape index (κ1) is 19.4. The van der Waals surface area contributed by atoms with Crippen molar-refractivity contribution in [2.45, 2.75) is 23.9 Å². The molecule has 0 aliphatic rings. The third-order valence-electron chi connectivity index (χ3n) is 4.86. The summed E-state index contributed by atoms with van der Waals surface area (Å²) in [6.45, 7) is 2.90. The number of nitrogens with zero attached hydrogens (tertiary/aromatic N) is 4. The molecule has 0 amide bonds.